The summed E-state index contributed by atoms with van der Waals surface area (Å²) in [5.74, 6) is -0.810. The zero-order valence-corrected chi connectivity index (χ0v) is 6.43. The third-order valence-electron chi connectivity index (χ3n) is 0.770. The van der Waals surface area contributed by atoms with E-state index in [0.717, 1.165) is 10.2 Å². The van der Waals surface area contributed by atoms with E-state index in [9.17, 15) is 4.79 Å². The minimum atomic E-state index is -0.810. The molecule has 0 aromatic carbocycles. The van der Waals surface area contributed by atoms with Crippen LogP contribution in [0.1, 0.15) is 21.8 Å². The van der Waals surface area contributed by atoms with Crippen LogP contribution in [-0.4, -0.2) is 21.3 Å². The van der Waals surface area contributed by atoms with Gasteiger partial charge in [-0.2, -0.15) is 0 Å². The van der Waals surface area contributed by atoms with E-state index in [0.29, 0.717) is 5.57 Å². The van der Waals surface area contributed by atoms with E-state index in [2.05, 4.69) is 0 Å². The lowest BCUT2D eigenvalue weighted by molar-refractivity contribution is -0.132. The maximum absolute atomic E-state index is 9.88. The normalized spacial score (nSPS) is 9.22. The minimum absolute atomic E-state index is 0. The molecule has 0 aliphatic carbocycles. The first-order valence-electron chi connectivity index (χ1n) is 2.04. The lowest BCUT2D eigenvalue weighted by atomic mass is 10.4. The predicted octanol–water partition coefficient (Wildman–Crippen LogP) is 0.612. The summed E-state index contributed by atoms with van der Waals surface area (Å²) in [6.07, 6.45) is 0. The molecule has 1 N–H and O–H groups in total. The van der Waals surface area contributed by atoms with Crippen LogP contribution in [0.3, 0.4) is 0 Å². The van der Waals surface area contributed by atoms with Gasteiger partial charge in [0.05, 0.1) is 0 Å². The van der Waals surface area contributed by atoms with Crippen LogP contribution in [-0.2, 0) is 4.79 Å². The monoisotopic (exact) mass is 148 g/mol. The van der Waals surface area contributed by atoms with Gasteiger partial charge in [-0.25, -0.2) is 4.79 Å². The van der Waals surface area contributed by atoms with Gasteiger partial charge in [-0.15, -0.1) is 0 Å². The van der Waals surface area contributed by atoms with Crippen molar-refractivity contribution in [3.8, 4) is 0 Å². The molecule has 2 nitrogen and oxygen atoms in total. The molecule has 9 heavy (non-hydrogen) atoms. The van der Waals surface area contributed by atoms with Crippen molar-refractivity contribution in [1.82, 2.24) is 0 Å². The van der Waals surface area contributed by atoms with Crippen LogP contribution in [0.4, 0.5) is 0 Å². The Kier molecular flexibility index (Phi) is 13.0. The van der Waals surface area contributed by atoms with E-state index in [-0.39, 0.29) is 14.9 Å². The molecule has 0 saturated heterocycles. The Morgan fingerprint density at radius 3 is 1.89 bits per heavy atom. The molecule has 0 unspecified atom stereocenters. The number of hydrogen-bond donors (Lipinski definition) is 1. The number of carboxylic acids is 1. The maximum Gasteiger partial charge on any atom is 0.330 e. The van der Waals surface area contributed by atoms with E-state index < -0.39 is 5.97 Å². The Balaban J connectivity index is -0.000000180. The average Bonchev–Trinajstić information content (AvgIpc) is 1.65. The third-order valence-corrected chi connectivity index (χ3v) is 1.64. The summed E-state index contributed by atoms with van der Waals surface area (Å²) in [6.45, 7) is 1.59. The van der Waals surface area contributed by atoms with Crippen molar-refractivity contribution in [3.63, 3.8) is 0 Å². The molecule has 0 aromatic heterocycles. The fourth-order valence-electron chi connectivity index (χ4n) is 0.123. The molecule has 0 aliphatic rings. The Bertz CT molecular complexity index is 108. The molecule has 0 heterocycles. The summed E-state index contributed by atoms with van der Waals surface area (Å²) in [6, 6.07) is 0. The fraction of sp³-hybridized carbons (Fsp3) is 0.500. The molecule has 0 spiro atoms. The smallest absolute Gasteiger partial charge is 0.330 e. The molecule has 56 valence electrons. The van der Waals surface area contributed by atoms with E-state index >= 15 is 0 Å². The van der Waals surface area contributed by atoms with Crippen molar-refractivity contribution < 1.29 is 9.90 Å². The van der Waals surface area contributed by atoms with Crippen LogP contribution in [0.25, 0.3) is 0 Å². The van der Waals surface area contributed by atoms with Crippen molar-refractivity contribution in [2.45, 2.75) is 21.8 Å². The summed E-state index contributed by atoms with van der Waals surface area (Å²) >= 11 is 0. The van der Waals surface area contributed by atoms with Crippen LogP contribution < -0.4 is 0 Å². The molecular weight excluding hydrogens is 132 g/mol. The number of hydrogen-bond acceptors (Lipinski definition) is 1. The van der Waals surface area contributed by atoms with Crippen molar-refractivity contribution in [2.75, 3.05) is 0 Å². The van der Waals surface area contributed by atoms with E-state index in [1.165, 1.54) is 0 Å². The summed E-state index contributed by atoms with van der Waals surface area (Å²) in [5.41, 5.74) is 2.15. The van der Waals surface area contributed by atoms with Crippen molar-refractivity contribution in [3.05, 3.63) is 11.3 Å². The maximum atomic E-state index is 9.88. The highest BCUT2D eigenvalue weighted by Gasteiger charge is 1.93. The predicted molar refractivity (Wildman–Crippen MR) is 44.8 cm³/mol. The van der Waals surface area contributed by atoms with Gasteiger partial charge in [0, 0.05) is 15.8 Å². The largest absolute Gasteiger partial charge is 0.478 e. The molecule has 0 radical (unpaired) electrons. The van der Waals surface area contributed by atoms with E-state index in [1.54, 1.807) is 12.6 Å². The molecule has 0 fully saturated rings. The Labute approximate surface area is 60.0 Å². The lowest BCUT2D eigenvalue weighted by Gasteiger charge is -1.84. The lowest BCUT2D eigenvalue weighted by Crippen LogP contribution is -1.94. The molecule has 0 rings (SSSR count). The van der Waals surface area contributed by atoms with Crippen LogP contribution in [0.15, 0.2) is 11.3 Å². The molecule has 0 bridgehead atoms. The summed E-state index contributed by atoms with van der Waals surface area (Å²) in [7, 11) is 0.828. The van der Waals surface area contributed by atoms with Crippen LogP contribution in [0.5, 0.6) is 0 Å². The van der Waals surface area contributed by atoms with Crippen molar-refractivity contribution >= 4 is 16.2 Å². The molecule has 0 atom stereocenters. The fourth-order valence-corrected chi connectivity index (χ4v) is 0.370. The van der Waals surface area contributed by atoms with Gasteiger partial charge in [-0.05, 0) is 6.92 Å². The van der Waals surface area contributed by atoms with Gasteiger partial charge in [-0.3, -0.25) is 0 Å². The van der Waals surface area contributed by atoms with E-state index in [1.807, 2.05) is 0 Å². The molecule has 3 heteroatoms. The van der Waals surface area contributed by atoms with Crippen LogP contribution >= 0.6 is 0 Å². The summed E-state index contributed by atoms with van der Waals surface area (Å²) in [4.78, 5) is 9.88. The highest BCUT2D eigenvalue weighted by molar-refractivity contribution is 6.19. The van der Waals surface area contributed by atoms with Crippen LogP contribution in [0, 0.1) is 0 Å². The molecule has 0 aliphatic heterocycles. The van der Waals surface area contributed by atoms with Gasteiger partial charge in [0.15, 0.2) is 0 Å². The quantitative estimate of drug-likeness (QED) is 0.437. The SMILES string of the molecule is C.C.CC(=C[SiH3])C(=O)O. The zero-order chi connectivity index (χ0) is 5.86. The van der Waals surface area contributed by atoms with Gasteiger partial charge in [-0.1, -0.05) is 20.6 Å². The Hall–Kier alpha value is -0.573. The number of carboxylic acid groups (broad SMARTS) is 1. The standard InChI is InChI=1S/C4H8O2Si.2CH4/c1-3(2-7)4(5)6;;/h2H,1,7H3,(H,5,6);2*1H4. The van der Waals surface area contributed by atoms with Gasteiger partial charge < -0.3 is 5.11 Å². The molecular formula is C6H16O2Si. The van der Waals surface area contributed by atoms with Crippen LogP contribution in [0.2, 0.25) is 0 Å². The second-order valence-corrected chi connectivity index (χ2v) is 1.85. The molecule has 0 aromatic rings. The number of rotatable bonds is 1. The average molecular weight is 148 g/mol. The Morgan fingerprint density at radius 1 is 1.56 bits per heavy atom. The first kappa shape index (κ1) is 15.8. The first-order valence-corrected chi connectivity index (χ1v) is 3.20. The highest BCUT2D eigenvalue weighted by Crippen LogP contribution is 1.85. The first-order chi connectivity index (χ1) is 3.18. The second-order valence-electron chi connectivity index (χ2n) is 1.28. The molecule has 0 amide bonds. The van der Waals surface area contributed by atoms with Gasteiger partial charge in [0.25, 0.3) is 0 Å². The second kappa shape index (κ2) is 7.43. The Morgan fingerprint density at radius 2 is 1.89 bits per heavy atom. The molecule has 0 saturated carbocycles. The van der Waals surface area contributed by atoms with Crippen molar-refractivity contribution in [1.29, 1.82) is 0 Å². The summed E-state index contributed by atoms with van der Waals surface area (Å²) < 4.78 is 0. The zero-order valence-electron chi connectivity index (χ0n) is 4.43. The summed E-state index contributed by atoms with van der Waals surface area (Å²) in [5, 5.41) is 8.14. The topological polar surface area (TPSA) is 37.3 Å². The number of aliphatic carboxylic acids is 1. The van der Waals surface area contributed by atoms with Gasteiger partial charge in [0.1, 0.15) is 0 Å². The third kappa shape index (κ3) is 7.43. The highest BCUT2D eigenvalue weighted by atomic mass is 28.1. The van der Waals surface area contributed by atoms with E-state index in [4.69, 9.17) is 5.11 Å². The van der Waals surface area contributed by atoms with Gasteiger partial charge in [0.2, 0.25) is 0 Å². The minimum Gasteiger partial charge on any atom is -0.478 e. The van der Waals surface area contributed by atoms with Crippen molar-refractivity contribution in [2.24, 2.45) is 0 Å². The van der Waals surface area contributed by atoms with Gasteiger partial charge >= 0.3 is 5.97 Å². The number of carbonyl (C=O) groups is 1.